The Morgan fingerprint density at radius 3 is 2.29 bits per heavy atom. The number of quaternary nitrogens is 1. The highest BCUT2D eigenvalue weighted by Crippen LogP contribution is 2.09. The molecule has 34 heavy (non-hydrogen) atoms. The lowest BCUT2D eigenvalue weighted by Gasteiger charge is -2.28. The minimum absolute atomic E-state index is 0.195. The van der Waals surface area contributed by atoms with Crippen molar-refractivity contribution in [2.24, 2.45) is 0 Å². The van der Waals surface area contributed by atoms with E-state index in [4.69, 9.17) is 9.84 Å². The van der Waals surface area contributed by atoms with Crippen LogP contribution in [0.3, 0.4) is 0 Å². The van der Waals surface area contributed by atoms with Gasteiger partial charge in [0.1, 0.15) is 12.6 Å². The van der Waals surface area contributed by atoms with Gasteiger partial charge in [0.05, 0.1) is 27.6 Å². The van der Waals surface area contributed by atoms with Gasteiger partial charge in [0.25, 0.3) is 0 Å². The number of likely N-dealkylation sites (N-methyl/N-ethyl adjacent to an activating group) is 1. The lowest BCUT2D eigenvalue weighted by Crippen LogP contribution is -2.43. The fourth-order valence-corrected chi connectivity index (χ4v) is 3.20. The summed E-state index contributed by atoms with van der Waals surface area (Å²) in [6, 6.07) is 0. The van der Waals surface area contributed by atoms with Crippen LogP contribution >= 0.6 is 0 Å². The van der Waals surface area contributed by atoms with E-state index < -0.39 is 18.2 Å². The molecule has 0 saturated carbocycles. The summed E-state index contributed by atoms with van der Waals surface area (Å²) in [5, 5.41) is 19.9. The van der Waals surface area contributed by atoms with E-state index in [0.717, 1.165) is 12.8 Å². The number of aliphatic carboxylic acids is 1. The molecule has 0 aliphatic carbocycles. The Hall–Kier alpha value is -2.22. The van der Waals surface area contributed by atoms with Gasteiger partial charge in [0, 0.05) is 6.42 Å². The predicted molar refractivity (Wildman–Crippen MR) is 134 cm³/mol. The molecule has 7 nitrogen and oxygen atoms in total. The zero-order valence-electron chi connectivity index (χ0n) is 21.5. The van der Waals surface area contributed by atoms with Crippen molar-refractivity contribution in [1.82, 2.24) is 0 Å². The summed E-state index contributed by atoms with van der Waals surface area (Å²) in [5.74, 6) is -1.36. The summed E-state index contributed by atoms with van der Waals surface area (Å²) in [4.78, 5) is 27.3. The maximum atomic E-state index is 12.0. The molecule has 193 valence electrons. The molecule has 0 spiro atoms. The van der Waals surface area contributed by atoms with Crippen LogP contribution in [0.4, 0.5) is 0 Å². The number of ether oxygens (including phenoxy) is 1. The smallest absolute Gasteiger partial charge is 0.307 e. The molecule has 0 rings (SSSR count). The van der Waals surface area contributed by atoms with Gasteiger partial charge in [-0.15, -0.1) is 0 Å². The lowest BCUT2D eigenvalue weighted by atomic mass is 10.2. The summed E-state index contributed by atoms with van der Waals surface area (Å²) in [6.07, 6.45) is 21.9. The van der Waals surface area contributed by atoms with E-state index in [1.807, 2.05) is 45.4 Å². The van der Waals surface area contributed by atoms with Crippen LogP contribution < -0.4 is 0 Å². The molecule has 2 atom stereocenters. The molecule has 0 fully saturated rings. The van der Waals surface area contributed by atoms with Crippen molar-refractivity contribution in [3.63, 3.8) is 0 Å². The molecule has 2 unspecified atom stereocenters. The third-order valence-corrected chi connectivity index (χ3v) is 4.85. The van der Waals surface area contributed by atoms with Gasteiger partial charge in [-0.1, -0.05) is 68.4 Å². The van der Waals surface area contributed by atoms with Crippen LogP contribution in [0, 0.1) is 0 Å². The normalized spacial score (nSPS) is 14.5. The highest BCUT2D eigenvalue weighted by Gasteiger charge is 2.24. The van der Waals surface area contributed by atoms with E-state index in [1.54, 1.807) is 12.2 Å². The predicted octanol–water partition coefficient (Wildman–Crippen LogP) is 5.57. The fraction of sp³-hybridized carbons (Fsp3) is 0.630. The van der Waals surface area contributed by atoms with Crippen LogP contribution in [-0.4, -0.2) is 61.4 Å². The quantitative estimate of drug-likeness (QED) is 0.0469. The van der Waals surface area contributed by atoms with Crippen LogP contribution in [-0.2, 0) is 24.5 Å². The van der Waals surface area contributed by atoms with E-state index in [0.29, 0.717) is 30.3 Å². The SMILES string of the molecule is CCCCC/C=C/C/C=C/CC(/C=C/C=C/CCCC(=O)OC(CC(=O)O)C[N+](C)(C)C)O[O]. The molecule has 1 radical (unpaired) electrons. The molecule has 0 saturated heterocycles. The van der Waals surface area contributed by atoms with Crippen molar-refractivity contribution < 1.29 is 34.1 Å². The number of hydrogen-bond acceptors (Lipinski definition) is 4. The highest BCUT2D eigenvalue weighted by atomic mass is 17.1. The number of hydrogen-bond donors (Lipinski definition) is 1. The summed E-state index contributed by atoms with van der Waals surface area (Å²) in [5.41, 5.74) is 0. The lowest BCUT2D eigenvalue weighted by molar-refractivity contribution is -0.873. The van der Waals surface area contributed by atoms with Gasteiger partial charge in [-0.3, -0.25) is 9.59 Å². The molecule has 0 heterocycles. The first kappa shape index (κ1) is 31.8. The Bertz CT molecular complexity index is 661. The molecule has 0 aromatic carbocycles. The van der Waals surface area contributed by atoms with Gasteiger partial charge >= 0.3 is 11.9 Å². The molecule has 0 aromatic rings. The molecule has 0 aliphatic rings. The molecule has 0 aliphatic heterocycles. The monoisotopic (exact) mass is 479 g/mol. The van der Waals surface area contributed by atoms with E-state index in [2.05, 4.69) is 24.0 Å². The maximum Gasteiger partial charge on any atom is 0.307 e. The summed E-state index contributed by atoms with van der Waals surface area (Å²) in [6.45, 7) is 2.64. The number of rotatable bonds is 20. The van der Waals surface area contributed by atoms with E-state index in [9.17, 15) is 14.8 Å². The Balaban J connectivity index is 4.15. The second-order valence-electron chi connectivity index (χ2n) is 9.43. The number of carboxylic acid groups (broad SMARTS) is 1. The van der Waals surface area contributed by atoms with E-state index >= 15 is 0 Å². The van der Waals surface area contributed by atoms with E-state index in [1.165, 1.54) is 19.3 Å². The Morgan fingerprint density at radius 2 is 1.65 bits per heavy atom. The number of carboxylic acids is 1. The number of unbranched alkanes of at least 4 members (excludes halogenated alkanes) is 4. The van der Waals surface area contributed by atoms with Crippen molar-refractivity contribution in [3.05, 3.63) is 48.6 Å². The van der Waals surface area contributed by atoms with Crippen LogP contribution in [0.1, 0.15) is 71.1 Å². The van der Waals surface area contributed by atoms with Crippen LogP contribution in [0.2, 0.25) is 0 Å². The minimum atomic E-state index is -0.980. The Labute approximate surface area is 206 Å². The van der Waals surface area contributed by atoms with Crippen LogP contribution in [0.15, 0.2) is 48.6 Å². The van der Waals surface area contributed by atoms with Gasteiger partial charge in [0.15, 0.2) is 6.10 Å². The largest absolute Gasteiger partial charge is 0.481 e. The summed E-state index contributed by atoms with van der Waals surface area (Å²) in [7, 11) is 5.77. The van der Waals surface area contributed by atoms with Crippen molar-refractivity contribution in [1.29, 1.82) is 0 Å². The molecular weight excluding hydrogens is 434 g/mol. The van der Waals surface area contributed by atoms with Gasteiger partial charge in [-0.05, 0) is 43.8 Å². The average Bonchev–Trinajstić information content (AvgIpc) is 2.74. The van der Waals surface area contributed by atoms with Crippen LogP contribution in [0.5, 0.6) is 0 Å². The van der Waals surface area contributed by atoms with Crippen molar-refractivity contribution in [2.75, 3.05) is 27.7 Å². The summed E-state index contributed by atoms with van der Waals surface area (Å²) >= 11 is 0. The standard InChI is InChI=1S/C27H44NO6/c1-5-6-7-8-9-10-11-13-16-19-24(34-32)20-17-14-12-15-18-21-27(31)33-25(22-26(29)30)23-28(2,3)4/h9-10,12-14,16-17,20,24-25H,5-8,11,15,18-19,21-23H2,1-4H3/p+1/b10-9+,14-12+,16-13+,20-17+. The van der Waals surface area contributed by atoms with Gasteiger partial charge < -0.3 is 14.3 Å². The zero-order valence-corrected chi connectivity index (χ0v) is 21.5. The number of esters is 1. The van der Waals surface area contributed by atoms with Crippen molar-refractivity contribution >= 4 is 11.9 Å². The Kier molecular flexibility index (Phi) is 18.9. The maximum absolute atomic E-state index is 12.0. The molecular formula is C27H45NO6+. The number of allylic oxidation sites excluding steroid dienone is 6. The van der Waals surface area contributed by atoms with E-state index in [-0.39, 0.29) is 18.8 Å². The molecule has 0 bridgehead atoms. The fourth-order valence-electron chi connectivity index (χ4n) is 3.20. The Morgan fingerprint density at radius 1 is 0.941 bits per heavy atom. The third-order valence-electron chi connectivity index (χ3n) is 4.85. The zero-order chi connectivity index (χ0) is 25.7. The second kappa shape index (κ2) is 20.2. The van der Waals surface area contributed by atoms with Gasteiger partial charge in [-0.2, -0.15) is 4.89 Å². The molecule has 0 amide bonds. The number of nitrogens with zero attached hydrogens (tertiary/aromatic N) is 1. The first-order chi connectivity index (χ1) is 16.2. The van der Waals surface area contributed by atoms with Crippen molar-refractivity contribution in [2.45, 2.75) is 83.3 Å². The average molecular weight is 480 g/mol. The first-order valence-corrected chi connectivity index (χ1v) is 12.3. The molecule has 7 heteroatoms. The van der Waals surface area contributed by atoms with Gasteiger partial charge in [0.2, 0.25) is 0 Å². The second-order valence-corrected chi connectivity index (χ2v) is 9.43. The highest BCUT2D eigenvalue weighted by molar-refractivity contribution is 5.71. The minimum Gasteiger partial charge on any atom is -0.481 e. The first-order valence-electron chi connectivity index (χ1n) is 12.3. The van der Waals surface area contributed by atoms with Crippen molar-refractivity contribution in [3.8, 4) is 0 Å². The number of carbonyl (C=O) groups excluding carboxylic acids is 1. The van der Waals surface area contributed by atoms with Gasteiger partial charge in [-0.25, -0.2) is 0 Å². The molecule has 0 aromatic heterocycles. The van der Waals surface area contributed by atoms with Crippen LogP contribution in [0.25, 0.3) is 0 Å². The number of carbonyl (C=O) groups is 2. The topological polar surface area (TPSA) is 92.7 Å². The third kappa shape index (κ3) is 21.6. The summed E-state index contributed by atoms with van der Waals surface area (Å²) < 4.78 is 5.87. The molecule has 1 N–H and O–H groups in total.